The molecule has 4 nitrogen and oxygen atoms in total. The molecule has 5 heteroatoms. The number of rotatable bonds is 4. The molecule has 2 aromatic heterocycles. The number of anilines is 3. The lowest BCUT2D eigenvalue weighted by atomic mass is 10.3. The fourth-order valence-electron chi connectivity index (χ4n) is 1.47. The van der Waals surface area contributed by atoms with Gasteiger partial charge in [0.2, 0.25) is 0 Å². The monoisotopic (exact) mass is 248 g/mol. The second-order valence-electron chi connectivity index (χ2n) is 3.75. The van der Waals surface area contributed by atoms with E-state index in [2.05, 4.69) is 29.4 Å². The first kappa shape index (κ1) is 11.7. The molecule has 0 amide bonds. The number of pyridine rings is 1. The molecule has 90 valence electrons. The molecule has 2 aromatic rings. The SMILES string of the molecule is CCc1ccc(CNc2ccc(N)c(N)n2)s1. The molecule has 0 aliphatic heterocycles. The molecule has 0 radical (unpaired) electrons. The van der Waals surface area contributed by atoms with Crippen molar-refractivity contribution < 1.29 is 0 Å². The minimum atomic E-state index is 0.371. The number of aromatic nitrogens is 1. The van der Waals surface area contributed by atoms with E-state index in [1.165, 1.54) is 9.75 Å². The number of hydrogen-bond donors (Lipinski definition) is 3. The number of nitrogen functional groups attached to an aromatic ring is 2. The Bertz CT molecular complexity index is 507. The van der Waals surface area contributed by atoms with Gasteiger partial charge in [0, 0.05) is 9.75 Å². The fourth-order valence-corrected chi connectivity index (χ4v) is 2.37. The first-order valence-electron chi connectivity index (χ1n) is 5.52. The van der Waals surface area contributed by atoms with Gasteiger partial charge in [-0.25, -0.2) is 4.98 Å². The number of aryl methyl sites for hydroxylation is 1. The summed E-state index contributed by atoms with van der Waals surface area (Å²) < 4.78 is 0. The van der Waals surface area contributed by atoms with E-state index in [9.17, 15) is 0 Å². The lowest BCUT2D eigenvalue weighted by Crippen LogP contribution is -2.03. The number of hydrogen-bond acceptors (Lipinski definition) is 5. The van der Waals surface area contributed by atoms with Gasteiger partial charge in [-0.1, -0.05) is 6.92 Å². The Kier molecular flexibility index (Phi) is 3.49. The normalized spacial score (nSPS) is 10.4. The molecule has 5 N–H and O–H groups in total. The van der Waals surface area contributed by atoms with E-state index in [1.54, 1.807) is 6.07 Å². The lowest BCUT2D eigenvalue weighted by molar-refractivity contribution is 1.15. The van der Waals surface area contributed by atoms with Crippen LogP contribution in [0.4, 0.5) is 17.3 Å². The minimum absolute atomic E-state index is 0.371. The third kappa shape index (κ3) is 2.88. The second kappa shape index (κ2) is 5.05. The second-order valence-corrected chi connectivity index (χ2v) is 5.00. The molecule has 0 spiro atoms. The topological polar surface area (TPSA) is 77.0 Å². The van der Waals surface area contributed by atoms with Crippen molar-refractivity contribution in [1.29, 1.82) is 0 Å². The average Bonchev–Trinajstić information content (AvgIpc) is 2.79. The summed E-state index contributed by atoms with van der Waals surface area (Å²) in [6, 6.07) is 7.89. The van der Waals surface area contributed by atoms with E-state index in [4.69, 9.17) is 11.5 Å². The number of thiophene rings is 1. The molecule has 0 bridgehead atoms. The van der Waals surface area contributed by atoms with Crippen molar-refractivity contribution in [2.75, 3.05) is 16.8 Å². The summed E-state index contributed by atoms with van der Waals surface area (Å²) in [6.07, 6.45) is 1.08. The van der Waals surface area contributed by atoms with Gasteiger partial charge in [-0.15, -0.1) is 11.3 Å². The fraction of sp³-hybridized carbons (Fsp3) is 0.250. The van der Waals surface area contributed by atoms with E-state index in [1.807, 2.05) is 17.4 Å². The predicted molar refractivity (Wildman–Crippen MR) is 74.1 cm³/mol. The Hall–Kier alpha value is -1.75. The van der Waals surface area contributed by atoms with Gasteiger partial charge in [-0.3, -0.25) is 0 Å². The molecule has 0 unspecified atom stereocenters. The summed E-state index contributed by atoms with van der Waals surface area (Å²) in [6.45, 7) is 2.92. The van der Waals surface area contributed by atoms with Crippen LogP contribution in [0, 0.1) is 0 Å². The van der Waals surface area contributed by atoms with Gasteiger partial charge in [0.25, 0.3) is 0 Å². The molecule has 0 aromatic carbocycles. The highest BCUT2D eigenvalue weighted by Gasteiger charge is 2.01. The van der Waals surface area contributed by atoms with Gasteiger partial charge in [0.15, 0.2) is 0 Å². The Morgan fingerprint density at radius 2 is 1.94 bits per heavy atom. The number of nitrogens with two attached hydrogens (primary N) is 2. The maximum Gasteiger partial charge on any atom is 0.149 e. The highest BCUT2D eigenvalue weighted by atomic mass is 32.1. The largest absolute Gasteiger partial charge is 0.396 e. The third-order valence-corrected chi connectivity index (χ3v) is 3.70. The van der Waals surface area contributed by atoms with E-state index < -0.39 is 0 Å². The molecule has 0 saturated heterocycles. The standard InChI is InChI=1S/C12H16N4S/c1-2-8-3-4-9(17-8)7-15-11-6-5-10(13)12(14)16-11/h3-6H,2,7,13H2,1H3,(H3,14,15,16). The van der Waals surface area contributed by atoms with Crippen molar-refractivity contribution in [1.82, 2.24) is 4.98 Å². The molecular weight excluding hydrogens is 232 g/mol. The third-order valence-electron chi connectivity index (χ3n) is 2.47. The molecule has 17 heavy (non-hydrogen) atoms. The zero-order valence-corrected chi connectivity index (χ0v) is 10.6. The molecule has 0 saturated carbocycles. The first-order chi connectivity index (χ1) is 8.19. The van der Waals surface area contributed by atoms with Crippen LogP contribution in [0.15, 0.2) is 24.3 Å². The molecule has 2 heterocycles. The van der Waals surface area contributed by atoms with Gasteiger partial charge >= 0.3 is 0 Å². The van der Waals surface area contributed by atoms with Crippen LogP contribution in [0.3, 0.4) is 0 Å². The van der Waals surface area contributed by atoms with Gasteiger partial charge in [-0.05, 0) is 30.7 Å². The van der Waals surface area contributed by atoms with Gasteiger partial charge in [0.05, 0.1) is 12.2 Å². The summed E-state index contributed by atoms with van der Waals surface area (Å²) in [5.41, 5.74) is 11.8. The van der Waals surface area contributed by atoms with Crippen molar-refractivity contribution in [2.45, 2.75) is 19.9 Å². The van der Waals surface area contributed by atoms with E-state index in [-0.39, 0.29) is 0 Å². The molecule has 0 aliphatic carbocycles. The smallest absolute Gasteiger partial charge is 0.149 e. The van der Waals surface area contributed by atoms with Crippen LogP contribution in [0.5, 0.6) is 0 Å². The maximum atomic E-state index is 5.64. The van der Waals surface area contributed by atoms with Crippen molar-refractivity contribution in [3.63, 3.8) is 0 Å². The maximum absolute atomic E-state index is 5.64. The summed E-state index contributed by atoms with van der Waals surface area (Å²) in [5, 5.41) is 3.23. The van der Waals surface area contributed by atoms with Crippen LogP contribution in [0.1, 0.15) is 16.7 Å². The van der Waals surface area contributed by atoms with Gasteiger partial charge < -0.3 is 16.8 Å². The highest BCUT2D eigenvalue weighted by Crippen LogP contribution is 2.19. The lowest BCUT2D eigenvalue weighted by Gasteiger charge is -2.05. The van der Waals surface area contributed by atoms with Gasteiger partial charge in [0.1, 0.15) is 11.6 Å². The Morgan fingerprint density at radius 1 is 1.18 bits per heavy atom. The molecule has 0 aliphatic rings. The van der Waals surface area contributed by atoms with Gasteiger partial charge in [-0.2, -0.15) is 0 Å². The summed E-state index contributed by atoms with van der Waals surface area (Å²) in [7, 11) is 0. The number of nitrogens with one attached hydrogen (secondary N) is 1. The highest BCUT2D eigenvalue weighted by molar-refractivity contribution is 7.12. The summed E-state index contributed by atoms with van der Waals surface area (Å²) >= 11 is 1.81. The Balaban J connectivity index is 1.99. The predicted octanol–water partition coefficient (Wildman–Crippen LogP) is 2.48. The van der Waals surface area contributed by atoms with Crippen molar-refractivity contribution in [3.05, 3.63) is 34.0 Å². The van der Waals surface area contributed by atoms with Crippen LogP contribution in [-0.2, 0) is 13.0 Å². The van der Waals surface area contributed by atoms with Crippen LogP contribution < -0.4 is 16.8 Å². The molecule has 0 fully saturated rings. The zero-order valence-electron chi connectivity index (χ0n) is 9.73. The van der Waals surface area contributed by atoms with Crippen LogP contribution in [0.2, 0.25) is 0 Å². The van der Waals surface area contributed by atoms with Crippen LogP contribution >= 0.6 is 11.3 Å². The van der Waals surface area contributed by atoms with Crippen molar-refractivity contribution in [3.8, 4) is 0 Å². The number of nitrogens with zero attached hydrogens (tertiary/aromatic N) is 1. The van der Waals surface area contributed by atoms with Crippen molar-refractivity contribution >= 4 is 28.7 Å². The summed E-state index contributed by atoms with van der Waals surface area (Å²) in [5.74, 6) is 1.12. The van der Waals surface area contributed by atoms with E-state index >= 15 is 0 Å². The Morgan fingerprint density at radius 3 is 2.59 bits per heavy atom. The minimum Gasteiger partial charge on any atom is -0.396 e. The Labute approximate surface area is 105 Å². The van der Waals surface area contributed by atoms with Crippen LogP contribution in [0.25, 0.3) is 0 Å². The van der Waals surface area contributed by atoms with Crippen LogP contribution in [-0.4, -0.2) is 4.98 Å². The zero-order chi connectivity index (χ0) is 12.3. The molecule has 2 rings (SSSR count). The van der Waals surface area contributed by atoms with Crippen molar-refractivity contribution in [2.24, 2.45) is 0 Å². The quantitative estimate of drug-likeness (QED) is 0.777. The van der Waals surface area contributed by atoms with E-state index in [0.29, 0.717) is 11.5 Å². The molecule has 0 atom stereocenters. The van der Waals surface area contributed by atoms with E-state index in [0.717, 1.165) is 18.8 Å². The summed E-state index contributed by atoms with van der Waals surface area (Å²) in [4.78, 5) is 6.85. The average molecular weight is 248 g/mol. The first-order valence-corrected chi connectivity index (χ1v) is 6.34. The molecular formula is C12H16N4S.